The molecule has 0 radical (unpaired) electrons. The molecule has 3 nitrogen and oxygen atoms in total. The van der Waals surface area contributed by atoms with Crippen molar-refractivity contribution in [2.75, 3.05) is 0 Å². The molecular formula is C13H14N2OS. The van der Waals surface area contributed by atoms with Gasteiger partial charge in [-0.3, -0.25) is 0 Å². The SMILES string of the molecule is Cc1ccc2c(c1)[C@H](N)CC(c1cscn1)O2. The molecule has 1 aromatic heterocycles. The zero-order valence-corrected chi connectivity index (χ0v) is 10.4. The Bertz CT molecular complexity index is 524. The second-order valence-electron chi connectivity index (χ2n) is 4.40. The molecule has 88 valence electrons. The van der Waals surface area contributed by atoms with Crippen LogP contribution in [0.3, 0.4) is 0 Å². The summed E-state index contributed by atoms with van der Waals surface area (Å²) in [5.41, 5.74) is 11.3. The number of thiazole rings is 1. The Hall–Kier alpha value is -1.39. The van der Waals surface area contributed by atoms with Crippen LogP contribution in [-0.2, 0) is 0 Å². The van der Waals surface area contributed by atoms with Crippen molar-refractivity contribution in [1.29, 1.82) is 0 Å². The normalized spacial score (nSPS) is 22.9. The van der Waals surface area contributed by atoms with Crippen molar-refractivity contribution in [2.45, 2.75) is 25.5 Å². The second-order valence-corrected chi connectivity index (χ2v) is 5.12. The number of aryl methyl sites for hydroxylation is 1. The van der Waals surface area contributed by atoms with E-state index in [0.717, 1.165) is 23.4 Å². The molecule has 2 atom stereocenters. The first-order valence-corrected chi connectivity index (χ1v) is 6.59. The molecule has 1 aromatic carbocycles. The molecule has 3 rings (SSSR count). The highest BCUT2D eigenvalue weighted by atomic mass is 32.1. The highest BCUT2D eigenvalue weighted by molar-refractivity contribution is 7.07. The Labute approximate surface area is 104 Å². The van der Waals surface area contributed by atoms with Gasteiger partial charge < -0.3 is 10.5 Å². The number of hydrogen-bond donors (Lipinski definition) is 1. The number of benzene rings is 1. The smallest absolute Gasteiger partial charge is 0.143 e. The Balaban J connectivity index is 1.96. The highest BCUT2D eigenvalue weighted by Gasteiger charge is 2.28. The summed E-state index contributed by atoms with van der Waals surface area (Å²) in [5.74, 6) is 0.896. The van der Waals surface area contributed by atoms with Gasteiger partial charge in [0.2, 0.25) is 0 Å². The lowest BCUT2D eigenvalue weighted by atomic mass is 9.95. The quantitative estimate of drug-likeness (QED) is 0.841. The van der Waals surface area contributed by atoms with E-state index in [2.05, 4.69) is 24.0 Å². The number of nitrogens with zero attached hydrogens (tertiary/aromatic N) is 1. The van der Waals surface area contributed by atoms with E-state index in [1.54, 1.807) is 11.3 Å². The van der Waals surface area contributed by atoms with Gasteiger partial charge >= 0.3 is 0 Å². The molecule has 0 fully saturated rings. The van der Waals surface area contributed by atoms with E-state index >= 15 is 0 Å². The Kier molecular flexibility index (Phi) is 2.61. The van der Waals surface area contributed by atoms with Crippen LogP contribution in [0.15, 0.2) is 29.1 Å². The minimum Gasteiger partial charge on any atom is -0.484 e. The van der Waals surface area contributed by atoms with Crippen molar-refractivity contribution in [2.24, 2.45) is 5.73 Å². The lowest BCUT2D eigenvalue weighted by molar-refractivity contribution is 0.158. The lowest BCUT2D eigenvalue weighted by Gasteiger charge is -2.29. The number of hydrogen-bond acceptors (Lipinski definition) is 4. The topological polar surface area (TPSA) is 48.1 Å². The van der Waals surface area contributed by atoms with E-state index in [-0.39, 0.29) is 12.1 Å². The molecule has 2 N–H and O–H groups in total. The summed E-state index contributed by atoms with van der Waals surface area (Å²) in [5, 5.41) is 2.02. The summed E-state index contributed by atoms with van der Waals surface area (Å²) in [6.45, 7) is 2.07. The maximum atomic E-state index is 6.21. The third kappa shape index (κ3) is 1.94. The summed E-state index contributed by atoms with van der Waals surface area (Å²) < 4.78 is 5.97. The number of ether oxygens (including phenoxy) is 1. The lowest BCUT2D eigenvalue weighted by Crippen LogP contribution is -2.24. The van der Waals surface area contributed by atoms with Gasteiger partial charge in [0.15, 0.2) is 0 Å². The van der Waals surface area contributed by atoms with Gasteiger partial charge in [-0.2, -0.15) is 0 Å². The maximum Gasteiger partial charge on any atom is 0.143 e. The summed E-state index contributed by atoms with van der Waals surface area (Å²) in [4.78, 5) is 4.30. The van der Waals surface area contributed by atoms with Crippen LogP contribution < -0.4 is 10.5 Å². The van der Waals surface area contributed by atoms with Crippen LogP contribution in [0.2, 0.25) is 0 Å². The second kappa shape index (κ2) is 4.13. The molecule has 0 saturated carbocycles. The molecule has 2 heterocycles. The van der Waals surface area contributed by atoms with Gasteiger partial charge in [0.25, 0.3) is 0 Å². The fourth-order valence-corrected chi connectivity index (χ4v) is 2.78. The van der Waals surface area contributed by atoms with Gasteiger partial charge in [-0.05, 0) is 13.0 Å². The van der Waals surface area contributed by atoms with Crippen molar-refractivity contribution >= 4 is 11.3 Å². The summed E-state index contributed by atoms with van der Waals surface area (Å²) in [7, 11) is 0. The molecule has 0 aliphatic carbocycles. The van der Waals surface area contributed by atoms with E-state index in [1.165, 1.54) is 5.56 Å². The van der Waals surface area contributed by atoms with Crippen molar-refractivity contribution < 1.29 is 4.74 Å². The average molecular weight is 246 g/mol. The van der Waals surface area contributed by atoms with Gasteiger partial charge in [-0.25, -0.2) is 4.98 Å². The van der Waals surface area contributed by atoms with Crippen LogP contribution >= 0.6 is 11.3 Å². The van der Waals surface area contributed by atoms with Crippen LogP contribution in [0.25, 0.3) is 0 Å². The molecule has 1 unspecified atom stereocenters. The third-order valence-electron chi connectivity index (χ3n) is 3.08. The van der Waals surface area contributed by atoms with Gasteiger partial charge in [0, 0.05) is 23.4 Å². The van der Waals surface area contributed by atoms with Gasteiger partial charge in [-0.15, -0.1) is 11.3 Å². The fourth-order valence-electron chi connectivity index (χ4n) is 2.19. The molecule has 0 spiro atoms. The summed E-state index contributed by atoms with van der Waals surface area (Å²) in [6.07, 6.45) is 0.784. The third-order valence-corrected chi connectivity index (χ3v) is 3.69. The molecule has 1 aliphatic rings. The largest absolute Gasteiger partial charge is 0.484 e. The number of aromatic nitrogens is 1. The van der Waals surface area contributed by atoms with Gasteiger partial charge in [-0.1, -0.05) is 17.7 Å². The monoisotopic (exact) mass is 246 g/mol. The summed E-state index contributed by atoms with van der Waals surface area (Å²) in [6, 6.07) is 6.19. The van der Waals surface area contributed by atoms with Crippen molar-refractivity contribution in [1.82, 2.24) is 4.98 Å². The average Bonchev–Trinajstić information content (AvgIpc) is 2.83. The number of fused-ring (bicyclic) bond motifs is 1. The van der Waals surface area contributed by atoms with E-state index in [4.69, 9.17) is 10.5 Å². The molecule has 0 bridgehead atoms. The zero-order valence-electron chi connectivity index (χ0n) is 9.59. The summed E-state index contributed by atoms with van der Waals surface area (Å²) >= 11 is 1.59. The van der Waals surface area contributed by atoms with Crippen LogP contribution in [0.1, 0.15) is 35.4 Å². The minimum atomic E-state index is -0.00791. The number of rotatable bonds is 1. The fraction of sp³-hybridized carbons (Fsp3) is 0.308. The van der Waals surface area contributed by atoms with Gasteiger partial charge in [0.05, 0.1) is 11.2 Å². The first-order valence-electron chi connectivity index (χ1n) is 5.65. The highest BCUT2D eigenvalue weighted by Crippen LogP contribution is 2.39. The Morgan fingerprint density at radius 1 is 1.47 bits per heavy atom. The molecule has 1 aliphatic heterocycles. The van der Waals surface area contributed by atoms with E-state index in [9.17, 15) is 0 Å². The van der Waals surface area contributed by atoms with Gasteiger partial charge in [0.1, 0.15) is 11.9 Å². The Morgan fingerprint density at radius 3 is 3.12 bits per heavy atom. The standard InChI is InChI=1S/C13H14N2OS/c1-8-2-3-12-9(4-8)10(14)5-13(16-12)11-6-17-7-15-11/h2-4,6-7,10,13H,5,14H2,1H3/t10-,13?/m1/s1. The molecule has 0 amide bonds. The molecule has 2 aromatic rings. The molecule has 0 saturated heterocycles. The molecule has 4 heteroatoms. The molecular weight excluding hydrogens is 232 g/mol. The maximum absolute atomic E-state index is 6.21. The van der Waals surface area contributed by atoms with Crippen LogP contribution in [0, 0.1) is 6.92 Å². The Morgan fingerprint density at radius 2 is 2.35 bits per heavy atom. The first kappa shape index (κ1) is 10.7. The van der Waals surface area contributed by atoms with Crippen LogP contribution in [-0.4, -0.2) is 4.98 Å². The number of nitrogens with two attached hydrogens (primary N) is 1. The van der Waals surface area contributed by atoms with E-state index in [0.29, 0.717) is 0 Å². The van der Waals surface area contributed by atoms with Crippen LogP contribution in [0.5, 0.6) is 5.75 Å². The van der Waals surface area contributed by atoms with Crippen molar-refractivity contribution in [3.63, 3.8) is 0 Å². The van der Waals surface area contributed by atoms with E-state index < -0.39 is 0 Å². The predicted octanol–water partition coefficient (Wildman–Crippen LogP) is 2.98. The molecule has 17 heavy (non-hydrogen) atoms. The first-order chi connectivity index (χ1) is 8.24. The van der Waals surface area contributed by atoms with Crippen molar-refractivity contribution in [3.05, 3.63) is 45.9 Å². The van der Waals surface area contributed by atoms with E-state index in [1.807, 2.05) is 17.0 Å². The van der Waals surface area contributed by atoms with Crippen molar-refractivity contribution in [3.8, 4) is 5.75 Å². The zero-order chi connectivity index (χ0) is 11.8. The van der Waals surface area contributed by atoms with Crippen LogP contribution in [0.4, 0.5) is 0 Å². The minimum absolute atomic E-state index is 0.00791. The predicted molar refractivity (Wildman–Crippen MR) is 68.2 cm³/mol.